The van der Waals surface area contributed by atoms with Crippen molar-refractivity contribution in [1.29, 1.82) is 0 Å². The van der Waals surface area contributed by atoms with Crippen LogP contribution in [-0.2, 0) is 11.0 Å². The molecule has 0 bridgehead atoms. The van der Waals surface area contributed by atoms with E-state index in [0.717, 1.165) is 16.7 Å². The van der Waals surface area contributed by atoms with Crippen LogP contribution in [0.5, 0.6) is 0 Å². The van der Waals surface area contributed by atoms with Gasteiger partial charge in [0, 0.05) is 23.2 Å². The van der Waals surface area contributed by atoms with Gasteiger partial charge in [-0.1, -0.05) is 30.3 Å². The molecular formula is C21H19F3N4OS. The van der Waals surface area contributed by atoms with E-state index in [-0.39, 0.29) is 17.8 Å². The minimum atomic E-state index is -4.61. The fourth-order valence-electron chi connectivity index (χ4n) is 3.26. The molecule has 30 heavy (non-hydrogen) atoms. The predicted octanol–water partition coefficient (Wildman–Crippen LogP) is 5.84. The number of nitrogens with one attached hydrogen (secondary N) is 1. The van der Waals surface area contributed by atoms with Crippen molar-refractivity contribution in [2.24, 2.45) is 0 Å². The number of halogens is 3. The smallest absolute Gasteiger partial charge is 0.324 e. The van der Waals surface area contributed by atoms with Gasteiger partial charge in [-0.3, -0.25) is 4.84 Å². The van der Waals surface area contributed by atoms with Crippen LogP contribution < -0.4 is 10.4 Å². The summed E-state index contributed by atoms with van der Waals surface area (Å²) in [5.41, 5.74) is 0.609. The first-order valence-electron chi connectivity index (χ1n) is 9.28. The van der Waals surface area contributed by atoms with Crippen LogP contribution in [0.4, 0.5) is 30.6 Å². The molecule has 0 aliphatic carbocycles. The number of hydrogen-bond acceptors (Lipinski definition) is 6. The minimum Gasteiger partial charge on any atom is -0.324 e. The second-order valence-electron chi connectivity index (χ2n) is 6.66. The van der Waals surface area contributed by atoms with Crippen LogP contribution in [0.25, 0.3) is 0 Å². The van der Waals surface area contributed by atoms with Gasteiger partial charge in [0.05, 0.1) is 12.6 Å². The highest BCUT2D eigenvalue weighted by Gasteiger charge is 2.40. The lowest BCUT2D eigenvalue weighted by Crippen LogP contribution is -2.26. The number of anilines is 3. The van der Waals surface area contributed by atoms with E-state index in [2.05, 4.69) is 15.3 Å². The lowest BCUT2D eigenvalue weighted by atomic mass is 10.0. The minimum absolute atomic E-state index is 0.0669. The number of aromatic nitrogens is 2. The first-order valence-corrected chi connectivity index (χ1v) is 10.5. The third-order valence-electron chi connectivity index (χ3n) is 4.72. The standard InChI is InChI=1S/C21H19F3N4OS/c1-30-16-9-7-15(8-10-16)26-20-25-13-17(21(22,23)24)19(27-20)28-18(11-12-29-28)14-5-3-2-4-6-14/h2-10,13,18H,11-12H2,1H3,(H,25,26,27)/t18-/m0/s1. The van der Waals surface area contributed by atoms with Crippen molar-refractivity contribution in [3.8, 4) is 0 Å². The summed E-state index contributed by atoms with van der Waals surface area (Å²) in [5.74, 6) is -0.232. The molecule has 1 fully saturated rings. The summed E-state index contributed by atoms with van der Waals surface area (Å²) in [7, 11) is 0. The van der Waals surface area contributed by atoms with Gasteiger partial charge in [0.2, 0.25) is 5.95 Å². The Balaban J connectivity index is 1.70. The average molecular weight is 432 g/mol. The summed E-state index contributed by atoms with van der Waals surface area (Å²) in [5, 5.41) is 4.22. The third kappa shape index (κ3) is 4.36. The van der Waals surface area contributed by atoms with Crippen molar-refractivity contribution in [2.75, 3.05) is 23.2 Å². The Bertz CT molecular complexity index is 999. The molecule has 2 heterocycles. The Morgan fingerprint density at radius 3 is 2.50 bits per heavy atom. The van der Waals surface area contributed by atoms with Crippen LogP contribution in [0.3, 0.4) is 0 Å². The van der Waals surface area contributed by atoms with Gasteiger partial charge in [0.1, 0.15) is 5.56 Å². The van der Waals surface area contributed by atoms with Crippen molar-refractivity contribution in [3.05, 3.63) is 71.9 Å². The van der Waals surface area contributed by atoms with Crippen LogP contribution in [0.15, 0.2) is 65.7 Å². The molecule has 1 aliphatic rings. The lowest BCUT2D eigenvalue weighted by molar-refractivity contribution is -0.138. The van der Waals surface area contributed by atoms with Crippen molar-refractivity contribution in [3.63, 3.8) is 0 Å². The summed E-state index contributed by atoms with van der Waals surface area (Å²) in [6.45, 7) is 0.305. The number of alkyl halides is 3. The number of rotatable bonds is 5. The summed E-state index contributed by atoms with van der Waals surface area (Å²) in [6, 6.07) is 16.4. The van der Waals surface area contributed by atoms with E-state index >= 15 is 0 Å². The van der Waals surface area contributed by atoms with Crippen LogP contribution in [-0.4, -0.2) is 22.8 Å². The largest absolute Gasteiger partial charge is 0.421 e. The maximum Gasteiger partial charge on any atom is 0.421 e. The van der Waals surface area contributed by atoms with Crippen molar-refractivity contribution >= 4 is 29.2 Å². The fourth-order valence-corrected chi connectivity index (χ4v) is 3.67. The van der Waals surface area contributed by atoms with Gasteiger partial charge in [0.25, 0.3) is 0 Å². The molecule has 0 radical (unpaired) electrons. The Hall–Kier alpha value is -2.78. The second kappa shape index (κ2) is 8.53. The molecule has 5 nitrogen and oxygen atoms in total. The molecule has 2 aromatic carbocycles. The highest BCUT2D eigenvalue weighted by atomic mass is 32.2. The molecule has 1 aliphatic heterocycles. The predicted molar refractivity (Wildman–Crippen MR) is 111 cm³/mol. The summed E-state index contributed by atoms with van der Waals surface area (Å²) in [6.07, 6.45) is -1.29. The van der Waals surface area contributed by atoms with Gasteiger partial charge in [0.15, 0.2) is 5.82 Å². The summed E-state index contributed by atoms with van der Waals surface area (Å²) < 4.78 is 41.1. The molecule has 1 aromatic heterocycles. The van der Waals surface area contributed by atoms with Gasteiger partial charge in [-0.05, 0) is 36.1 Å². The zero-order valence-electron chi connectivity index (χ0n) is 16.1. The van der Waals surface area contributed by atoms with Crippen LogP contribution >= 0.6 is 11.8 Å². The molecule has 9 heteroatoms. The Morgan fingerprint density at radius 1 is 1.10 bits per heavy atom. The Labute approximate surface area is 176 Å². The summed E-state index contributed by atoms with van der Waals surface area (Å²) >= 11 is 1.60. The monoisotopic (exact) mass is 432 g/mol. The molecule has 156 valence electrons. The van der Waals surface area contributed by atoms with Gasteiger partial charge in [-0.25, -0.2) is 10.0 Å². The van der Waals surface area contributed by atoms with Gasteiger partial charge in [-0.15, -0.1) is 11.8 Å². The number of thioether (sulfide) groups is 1. The Morgan fingerprint density at radius 2 is 1.83 bits per heavy atom. The number of benzene rings is 2. The van der Waals surface area contributed by atoms with Gasteiger partial charge < -0.3 is 5.32 Å². The van der Waals surface area contributed by atoms with E-state index in [9.17, 15) is 13.2 Å². The zero-order chi connectivity index (χ0) is 21.1. The molecule has 3 aromatic rings. The maximum absolute atomic E-state index is 13.7. The zero-order valence-corrected chi connectivity index (χ0v) is 16.9. The first-order chi connectivity index (χ1) is 14.5. The molecule has 1 atom stereocenters. The Kier molecular flexibility index (Phi) is 5.83. The van der Waals surface area contributed by atoms with E-state index in [4.69, 9.17) is 4.84 Å². The molecule has 1 saturated heterocycles. The topological polar surface area (TPSA) is 50.3 Å². The highest BCUT2D eigenvalue weighted by molar-refractivity contribution is 7.98. The van der Waals surface area contributed by atoms with E-state index < -0.39 is 11.7 Å². The third-order valence-corrected chi connectivity index (χ3v) is 5.46. The van der Waals surface area contributed by atoms with Gasteiger partial charge >= 0.3 is 6.18 Å². The SMILES string of the molecule is CSc1ccc(Nc2ncc(C(F)(F)F)c(N3OCC[C@H]3c3ccccc3)n2)cc1. The highest BCUT2D eigenvalue weighted by Crippen LogP contribution is 2.41. The van der Waals surface area contributed by atoms with Crippen LogP contribution in [0.1, 0.15) is 23.6 Å². The number of hydrogen-bond donors (Lipinski definition) is 1. The molecule has 0 unspecified atom stereocenters. The average Bonchev–Trinajstić information content (AvgIpc) is 3.24. The lowest BCUT2D eigenvalue weighted by Gasteiger charge is -2.26. The maximum atomic E-state index is 13.7. The van der Waals surface area contributed by atoms with Crippen LogP contribution in [0.2, 0.25) is 0 Å². The van der Waals surface area contributed by atoms with E-state index in [1.807, 2.05) is 60.9 Å². The van der Waals surface area contributed by atoms with Crippen molar-refractivity contribution in [2.45, 2.75) is 23.5 Å². The first kappa shape index (κ1) is 20.5. The molecule has 0 spiro atoms. The summed E-state index contributed by atoms with van der Waals surface area (Å²) in [4.78, 5) is 14.7. The molecule has 4 rings (SSSR count). The fraction of sp³-hybridized carbons (Fsp3) is 0.238. The molecule has 1 N–H and O–H groups in total. The molecular weight excluding hydrogens is 413 g/mol. The normalized spacial score (nSPS) is 16.7. The van der Waals surface area contributed by atoms with Gasteiger partial charge in [-0.2, -0.15) is 18.2 Å². The van der Waals surface area contributed by atoms with Crippen molar-refractivity contribution < 1.29 is 18.0 Å². The number of hydroxylamine groups is 1. The quantitative estimate of drug-likeness (QED) is 0.511. The molecule has 0 saturated carbocycles. The van der Waals surface area contributed by atoms with E-state index in [1.54, 1.807) is 11.8 Å². The number of nitrogens with zero attached hydrogens (tertiary/aromatic N) is 3. The molecule has 0 amide bonds. The second-order valence-corrected chi connectivity index (χ2v) is 7.54. The van der Waals surface area contributed by atoms with Crippen molar-refractivity contribution in [1.82, 2.24) is 9.97 Å². The van der Waals surface area contributed by atoms with E-state index in [0.29, 0.717) is 18.7 Å². The van der Waals surface area contributed by atoms with E-state index in [1.165, 1.54) is 5.06 Å². The van der Waals surface area contributed by atoms with Crippen LogP contribution in [0, 0.1) is 0 Å².